The predicted octanol–water partition coefficient (Wildman–Crippen LogP) is 3.79. The first-order chi connectivity index (χ1) is 11.9. The lowest BCUT2D eigenvalue weighted by Gasteiger charge is -1.97. The molecule has 2 heterocycles. The van der Waals surface area contributed by atoms with Gasteiger partial charge in [0.1, 0.15) is 17.2 Å². The zero-order valence-electron chi connectivity index (χ0n) is 13.7. The maximum Gasteiger partial charge on any atom is 0.269 e. The van der Waals surface area contributed by atoms with Gasteiger partial charge in [0.2, 0.25) is 5.78 Å². The van der Waals surface area contributed by atoms with Gasteiger partial charge in [0.05, 0.1) is 10.6 Å². The lowest BCUT2D eigenvalue weighted by Crippen LogP contribution is -2.03. The number of nitro groups is 1. The molecule has 0 fully saturated rings. The maximum absolute atomic E-state index is 12.2. The van der Waals surface area contributed by atoms with Gasteiger partial charge in [-0.2, -0.15) is 5.10 Å². The Balaban J connectivity index is 1.76. The molecule has 0 atom stereocenters. The Morgan fingerprint density at radius 2 is 1.96 bits per heavy atom. The van der Waals surface area contributed by atoms with Crippen molar-refractivity contribution in [2.24, 2.45) is 7.05 Å². The van der Waals surface area contributed by atoms with Crippen LogP contribution in [0.2, 0.25) is 0 Å². The Hall–Kier alpha value is -3.48. The fourth-order valence-corrected chi connectivity index (χ4v) is 2.43. The van der Waals surface area contributed by atoms with E-state index in [9.17, 15) is 14.9 Å². The van der Waals surface area contributed by atoms with Crippen molar-refractivity contribution < 1.29 is 14.1 Å². The second-order valence-electron chi connectivity index (χ2n) is 5.50. The molecule has 3 aromatic rings. The number of rotatable bonds is 5. The molecule has 1 aromatic carbocycles. The molecular weight excluding hydrogens is 322 g/mol. The molecule has 0 spiro atoms. The summed E-state index contributed by atoms with van der Waals surface area (Å²) in [6.07, 6.45) is 3.01. The second kappa shape index (κ2) is 6.56. The van der Waals surface area contributed by atoms with E-state index in [0.29, 0.717) is 17.2 Å². The van der Waals surface area contributed by atoms with Gasteiger partial charge in [0.25, 0.3) is 5.69 Å². The third-order valence-corrected chi connectivity index (χ3v) is 3.64. The van der Waals surface area contributed by atoms with Gasteiger partial charge < -0.3 is 4.42 Å². The van der Waals surface area contributed by atoms with Crippen LogP contribution in [0.4, 0.5) is 5.69 Å². The van der Waals surface area contributed by atoms with Crippen molar-refractivity contribution in [3.63, 3.8) is 0 Å². The molecule has 0 amide bonds. The van der Waals surface area contributed by atoms with Gasteiger partial charge in [-0.15, -0.1) is 0 Å². The third-order valence-electron chi connectivity index (χ3n) is 3.64. The Bertz CT molecular complexity index is 965. The highest BCUT2D eigenvalue weighted by Crippen LogP contribution is 2.25. The summed E-state index contributed by atoms with van der Waals surface area (Å²) in [6.45, 7) is 1.82. The van der Waals surface area contributed by atoms with Crippen LogP contribution in [0, 0.1) is 17.0 Å². The number of nitro benzene ring substituents is 1. The topological polar surface area (TPSA) is 91.2 Å². The number of benzene rings is 1. The second-order valence-corrected chi connectivity index (χ2v) is 5.50. The molecule has 0 saturated heterocycles. The highest BCUT2D eigenvalue weighted by atomic mass is 16.6. The number of non-ortho nitro benzene ring substituents is 1. The Morgan fingerprint density at radius 1 is 1.24 bits per heavy atom. The van der Waals surface area contributed by atoms with Gasteiger partial charge in [-0.05, 0) is 49.4 Å². The lowest BCUT2D eigenvalue weighted by molar-refractivity contribution is -0.384. The fraction of sp³-hybridized carbons (Fsp3) is 0.111. The van der Waals surface area contributed by atoms with Gasteiger partial charge in [-0.25, -0.2) is 0 Å². The Morgan fingerprint density at radius 3 is 2.56 bits per heavy atom. The van der Waals surface area contributed by atoms with Crippen LogP contribution in [0.15, 0.2) is 53.0 Å². The minimum Gasteiger partial charge on any atom is -0.457 e. The molecule has 3 rings (SSSR count). The highest BCUT2D eigenvalue weighted by Gasteiger charge is 2.10. The molecule has 0 saturated carbocycles. The minimum atomic E-state index is -0.453. The van der Waals surface area contributed by atoms with E-state index in [-0.39, 0.29) is 11.5 Å². The predicted molar refractivity (Wildman–Crippen MR) is 92.1 cm³/mol. The number of aryl methyl sites for hydroxylation is 2. The fourth-order valence-electron chi connectivity index (χ4n) is 2.43. The van der Waals surface area contributed by atoms with Gasteiger partial charge in [-0.1, -0.05) is 0 Å². The van der Waals surface area contributed by atoms with Crippen LogP contribution in [-0.2, 0) is 7.05 Å². The van der Waals surface area contributed by atoms with Gasteiger partial charge in [-0.3, -0.25) is 19.6 Å². The summed E-state index contributed by atoms with van der Waals surface area (Å²) in [5.41, 5.74) is 2.01. The first-order valence-electron chi connectivity index (χ1n) is 7.52. The largest absolute Gasteiger partial charge is 0.457 e. The molecule has 0 aliphatic heterocycles. The van der Waals surface area contributed by atoms with Crippen molar-refractivity contribution in [2.75, 3.05) is 0 Å². The van der Waals surface area contributed by atoms with Gasteiger partial charge >= 0.3 is 0 Å². The molecule has 0 radical (unpaired) electrons. The van der Waals surface area contributed by atoms with E-state index in [4.69, 9.17) is 4.42 Å². The number of hydrogen-bond donors (Lipinski definition) is 0. The van der Waals surface area contributed by atoms with Crippen molar-refractivity contribution in [1.82, 2.24) is 9.78 Å². The molecule has 0 unspecified atom stereocenters. The summed E-state index contributed by atoms with van der Waals surface area (Å²) in [7, 11) is 1.72. The molecule has 0 N–H and O–H groups in total. The van der Waals surface area contributed by atoms with Gasteiger partial charge in [0.15, 0.2) is 0 Å². The number of carbonyl (C=O) groups excluding carboxylic acids is 1. The minimum absolute atomic E-state index is 0.0208. The normalized spacial score (nSPS) is 11.1. The van der Waals surface area contributed by atoms with Crippen LogP contribution in [0.25, 0.3) is 17.4 Å². The monoisotopic (exact) mass is 337 g/mol. The molecule has 0 bridgehead atoms. The first-order valence-corrected chi connectivity index (χ1v) is 7.52. The molecular formula is C18H15N3O4. The molecule has 2 aromatic heterocycles. The maximum atomic E-state index is 12.2. The van der Waals surface area contributed by atoms with Crippen LogP contribution in [0.1, 0.15) is 21.9 Å². The summed E-state index contributed by atoms with van der Waals surface area (Å²) in [5, 5.41) is 14.8. The first kappa shape index (κ1) is 16.4. The molecule has 0 aliphatic rings. The zero-order chi connectivity index (χ0) is 18.0. The van der Waals surface area contributed by atoms with E-state index in [0.717, 1.165) is 11.3 Å². The third kappa shape index (κ3) is 3.55. The number of aromatic nitrogens is 2. The lowest BCUT2D eigenvalue weighted by atomic mass is 10.1. The van der Waals surface area contributed by atoms with Gasteiger partial charge in [0, 0.05) is 24.7 Å². The number of allylic oxidation sites excluding steroid dienone is 1. The smallest absolute Gasteiger partial charge is 0.269 e. The van der Waals surface area contributed by atoms with Crippen LogP contribution < -0.4 is 0 Å². The van der Waals surface area contributed by atoms with E-state index >= 15 is 0 Å². The summed E-state index contributed by atoms with van der Waals surface area (Å²) in [4.78, 5) is 22.4. The van der Waals surface area contributed by atoms with Crippen LogP contribution in [0.5, 0.6) is 0 Å². The standard InChI is InChI=1S/C18H15N3O4/c1-12-11-16(20(2)19-12)17(22)9-7-15-8-10-18(25-15)13-3-5-14(6-4-13)21(23)24/h3-11H,1-2H3/b9-7+. The Kier molecular flexibility index (Phi) is 4.30. The number of ketones is 1. The molecule has 0 aliphatic carbocycles. The number of carbonyl (C=O) groups is 1. The summed E-state index contributed by atoms with van der Waals surface area (Å²) in [6, 6.07) is 11.3. The van der Waals surface area contributed by atoms with Crippen LogP contribution in [0.3, 0.4) is 0 Å². The zero-order valence-corrected chi connectivity index (χ0v) is 13.7. The van der Waals surface area contributed by atoms with E-state index in [1.54, 1.807) is 43.5 Å². The molecule has 126 valence electrons. The average molecular weight is 337 g/mol. The number of nitrogens with zero attached hydrogens (tertiary/aromatic N) is 3. The quantitative estimate of drug-likeness (QED) is 0.306. The molecule has 7 heteroatoms. The average Bonchev–Trinajstić information content (AvgIpc) is 3.19. The van der Waals surface area contributed by atoms with Crippen molar-refractivity contribution >= 4 is 17.5 Å². The van der Waals surface area contributed by atoms with E-state index in [1.165, 1.54) is 22.9 Å². The summed E-state index contributed by atoms with van der Waals surface area (Å²) >= 11 is 0. The highest BCUT2D eigenvalue weighted by molar-refractivity contribution is 6.05. The van der Waals surface area contributed by atoms with E-state index in [2.05, 4.69) is 5.10 Å². The number of furan rings is 1. The number of hydrogen-bond acceptors (Lipinski definition) is 5. The van der Waals surface area contributed by atoms with Crippen molar-refractivity contribution in [3.8, 4) is 11.3 Å². The van der Waals surface area contributed by atoms with Crippen molar-refractivity contribution in [2.45, 2.75) is 6.92 Å². The SMILES string of the molecule is Cc1cc(C(=O)/C=C/c2ccc(-c3ccc([N+](=O)[O-])cc3)o2)n(C)n1. The van der Waals surface area contributed by atoms with Crippen LogP contribution in [-0.4, -0.2) is 20.5 Å². The van der Waals surface area contributed by atoms with Crippen LogP contribution >= 0.6 is 0 Å². The van der Waals surface area contributed by atoms with Crippen molar-refractivity contribution in [1.29, 1.82) is 0 Å². The summed E-state index contributed by atoms with van der Waals surface area (Å²) in [5.74, 6) is 0.912. The Labute approximate surface area is 143 Å². The summed E-state index contributed by atoms with van der Waals surface area (Å²) < 4.78 is 7.19. The van der Waals surface area contributed by atoms with Crippen molar-refractivity contribution in [3.05, 3.63) is 75.8 Å². The van der Waals surface area contributed by atoms with E-state index < -0.39 is 4.92 Å². The van der Waals surface area contributed by atoms with E-state index in [1.807, 2.05) is 6.92 Å². The molecule has 25 heavy (non-hydrogen) atoms. The molecule has 7 nitrogen and oxygen atoms in total.